The molecule has 0 amide bonds. The third kappa shape index (κ3) is 10.9. The predicted molar refractivity (Wildman–Crippen MR) is 37.0 cm³/mol. The van der Waals surface area contributed by atoms with Crippen LogP contribution in [0.1, 0.15) is 12.8 Å². The molecule has 0 saturated carbocycles. The van der Waals surface area contributed by atoms with Gasteiger partial charge in [-0.05, 0) is 6.42 Å². The van der Waals surface area contributed by atoms with Crippen LogP contribution in [-0.4, -0.2) is 13.7 Å². The molecule has 13 heavy (non-hydrogen) atoms. The van der Waals surface area contributed by atoms with Gasteiger partial charge in [0.15, 0.2) is 0 Å². The molecule has 0 spiro atoms. The fraction of sp³-hybridized carbons (Fsp3) is 0.500. The first-order valence-corrected chi connectivity index (χ1v) is 3.18. The van der Waals surface area contributed by atoms with E-state index < -0.39 is 0 Å². The topological polar surface area (TPSA) is 9.23 Å². The van der Waals surface area contributed by atoms with E-state index in [9.17, 15) is 0 Å². The van der Waals surface area contributed by atoms with Gasteiger partial charge in [0.2, 0.25) is 0 Å². The summed E-state index contributed by atoms with van der Waals surface area (Å²) in [6.07, 6.45) is 9.44. The molecule has 0 aliphatic heterocycles. The zero-order valence-electron chi connectivity index (χ0n) is 7.32. The van der Waals surface area contributed by atoms with Crippen molar-refractivity contribution in [2.75, 3.05) is 13.7 Å². The van der Waals surface area contributed by atoms with Crippen molar-refractivity contribution in [3.05, 3.63) is 23.8 Å². The van der Waals surface area contributed by atoms with Crippen LogP contribution in [0.4, 0.5) is 0 Å². The first-order valence-electron chi connectivity index (χ1n) is 3.18. The summed E-state index contributed by atoms with van der Waals surface area (Å²) < 4.78 is 4.91. The van der Waals surface area contributed by atoms with Gasteiger partial charge >= 0.3 is 21.7 Å². The second kappa shape index (κ2) is 15.5. The van der Waals surface area contributed by atoms with E-state index >= 15 is 0 Å². The summed E-state index contributed by atoms with van der Waals surface area (Å²) in [5.74, 6) is 0. The van der Waals surface area contributed by atoms with E-state index in [1.54, 1.807) is 7.11 Å². The Morgan fingerprint density at radius 1 is 1.38 bits per heavy atom. The predicted octanol–water partition coefficient (Wildman–Crippen LogP) is -7.28. The van der Waals surface area contributed by atoms with Crippen LogP contribution in [0.3, 0.4) is 0 Å². The second-order valence-corrected chi connectivity index (χ2v) is 2.05. The third-order valence-electron chi connectivity index (χ3n) is 1.34. The Balaban J connectivity index is -0.000000101. The largest absolute Gasteiger partial charge is 4.00 e. The summed E-state index contributed by atoms with van der Waals surface area (Å²) >= 11 is 0. The Bertz CT molecular complexity index is 148. The molecule has 1 nitrogen and oxygen atoms in total. The standard InChI is InChI=1S/C8H11O.3ClH.Ti/c1-9-7-6-8-4-2-3-5-8;;;;/h2,4H,3,6-7H2,1H3;3*1H;/q-1;;;;+4/p-3. The van der Waals surface area contributed by atoms with E-state index in [1.807, 2.05) is 0 Å². The molecule has 5 heteroatoms. The Hall–Kier alpha value is 1.02. The minimum atomic E-state index is 0. The Labute approximate surface area is 113 Å². The second-order valence-electron chi connectivity index (χ2n) is 2.05. The summed E-state index contributed by atoms with van der Waals surface area (Å²) in [4.78, 5) is 0. The van der Waals surface area contributed by atoms with Gasteiger partial charge in [-0.15, -0.1) is 6.42 Å². The molecule has 0 atom stereocenters. The van der Waals surface area contributed by atoms with Gasteiger partial charge in [0.1, 0.15) is 0 Å². The average Bonchev–Trinajstić information content (AvgIpc) is 2.34. The van der Waals surface area contributed by atoms with Crippen molar-refractivity contribution >= 4 is 0 Å². The van der Waals surface area contributed by atoms with Gasteiger partial charge in [-0.3, -0.25) is 6.08 Å². The molecule has 1 aliphatic rings. The molecule has 74 valence electrons. The van der Waals surface area contributed by atoms with Crippen molar-refractivity contribution < 1.29 is 63.7 Å². The minimum Gasteiger partial charge on any atom is -1.00 e. The van der Waals surface area contributed by atoms with E-state index in [0.717, 1.165) is 19.4 Å². The van der Waals surface area contributed by atoms with Crippen LogP contribution in [0.15, 0.2) is 17.7 Å². The van der Waals surface area contributed by atoms with Crippen molar-refractivity contribution in [2.24, 2.45) is 0 Å². The van der Waals surface area contributed by atoms with Crippen LogP contribution in [0, 0.1) is 6.08 Å². The van der Waals surface area contributed by atoms with E-state index in [4.69, 9.17) is 4.74 Å². The van der Waals surface area contributed by atoms with Crippen molar-refractivity contribution in [3.8, 4) is 0 Å². The molecule has 0 aromatic carbocycles. The molecular formula is C8H11Cl3OTi. The normalized spacial score (nSPS) is 11.3. The van der Waals surface area contributed by atoms with Crippen LogP contribution < -0.4 is 37.2 Å². The number of hydrogen-bond acceptors (Lipinski definition) is 1. The third-order valence-corrected chi connectivity index (χ3v) is 1.34. The number of allylic oxidation sites excluding steroid dienone is 3. The Kier molecular flexibility index (Phi) is 28.2. The number of halogens is 3. The summed E-state index contributed by atoms with van der Waals surface area (Å²) in [6.45, 7) is 0.812. The Morgan fingerprint density at radius 2 is 2.00 bits per heavy atom. The molecule has 0 aromatic heterocycles. The molecule has 0 aromatic rings. The fourth-order valence-corrected chi connectivity index (χ4v) is 0.834. The summed E-state index contributed by atoms with van der Waals surface area (Å²) in [5, 5.41) is 0. The van der Waals surface area contributed by atoms with Gasteiger partial charge in [-0.1, -0.05) is 0 Å². The smallest absolute Gasteiger partial charge is 1.00 e. The first kappa shape index (κ1) is 23.7. The zero-order chi connectivity index (χ0) is 6.53. The van der Waals surface area contributed by atoms with Crippen LogP contribution in [0.25, 0.3) is 0 Å². The first-order chi connectivity index (χ1) is 4.43. The van der Waals surface area contributed by atoms with Crippen LogP contribution in [-0.2, 0) is 26.5 Å². The van der Waals surface area contributed by atoms with Crippen molar-refractivity contribution in [2.45, 2.75) is 12.8 Å². The maximum Gasteiger partial charge on any atom is 4.00 e. The van der Waals surface area contributed by atoms with Crippen LogP contribution in [0.2, 0.25) is 0 Å². The number of rotatable bonds is 3. The summed E-state index contributed by atoms with van der Waals surface area (Å²) in [6, 6.07) is 0. The fourth-order valence-electron chi connectivity index (χ4n) is 0.834. The molecule has 1 aliphatic carbocycles. The van der Waals surface area contributed by atoms with Crippen LogP contribution in [0.5, 0.6) is 0 Å². The van der Waals surface area contributed by atoms with Crippen molar-refractivity contribution in [3.63, 3.8) is 0 Å². The van der Waals surface area contributed by atoms with Crippen LogP contribution >= 0.6 is 0 Å². The van der Waals surface area contributed by atoms with E-state index in [-0.39, 0.29) is 58.9 Å². The number of hydrogen-bond donors (Lipinski definition) is 0. The summed E-state index contributed by atoms with van der Waals surface area (Å²) in [5.41, 5.74) is 1.29. The maximum absolute atomic E-state index is 4.91. The molecular weight excluding hydrogens is 266 g/mol. The maximum atomic E-state index is 4.91. The molecule has 0 unspecified atom stereocenters. The summed E-state index contributed by atoms with van der Waals surface area (Å²) in [7, 11) is 1.72. The van der Waals surface area contributed by atoms with Crippen molar-refractivity contribution in [1.82, 2.24) is 0 Å². The van der Waals surface area contributed by atoms with E-state index in [0.29, 0.717) is 0 Å². The monoisotopic (exact) mass is 276 g/mol. The SMILES string of the molecule is COCCC1=[C-]CC=C1.[Cl-].[Cl-].[Cl-].[Ti+4]. The molecule has 1 rings (SSSR count). The Morgan fingerprint density at radius 3 is 2.38 bits per heavy atom. The van der Waals surface area contributed by atoms with Gasteiger partial charge in [0.05, 0.1) is 0 Å². The zero-order valence-corrected chi connectivity index (χ0v) is 11.1. The number of ether oxygens (including phenoxy) is 1. The molecule has 0 heterocycles. The molecule has 0 N–H and O–H groups in total. The number of methoxy groups -OCH3 is 1. The average molecular weight is 277 g/mol. The molecule has 0 fully saturated rings. The van der Waals surface area contributed by atoms with E-state index in [1.165, 1.54) is 5.57 Å². The molecule has 0 bridgehead atoms. The minimum absolute atomic E-state index is 0. The van der Waals surface area contributed by atoms with Crippen molar-refractivity contribution in [1.29, 1.82) is 0 Å². The van der Waals surface area contributed by atoms with Gasteiger partial charge in [-0.25, -0.2) is 11.6 Å². The molecule has 0 saturated heterocycles. The van der Waals surface area contributed by atoms with Gasteiger partial charge < -0.3 is 42.0 Å². The van der Waals surface area contributed by atoms with Gasteiger partial charge in [0.25, 0.3) is 0 Å². The van der Waals surface area contributed by atoms with Gasteiger partial charge in [0, 0.05) is 13.7 Å². The quantitative estimate of drug-likeness (QED) is 0.368. The van der Waals surface area contributed by atoms with E-state index in [2.05, 4.69) is 18.2 Å². The molecule has 0 radical (unpaired) electrons. The van der Waals surface area contributed by atoms with Gasteiger partial charge in [-0.2, -0.15) is 6.08 Å².